The van der Waals surface area contributed by atoms with E-state index in [0.717, 1.165) is 37.0 Å². The molecule has 1 aliphatic carbocycles. The summed E-state index contributed by atoms with van der Waals surface area (Å²) in [4.78, 5) is 11.7. The van der Waals surface area contributed by atoms with Crippen LogP contribution in [0.4, 0.5) is 10.5 Å². The molecule has 0 aliphatic heterocycles. The van der Waals surface area contributed by atoms with E-state index in [9.17, 15) is 4.79 Å². The number of halogens is 1. The second kappa shape index (κ2) is 6.57. The molecule has 0 unspecified atom stereocenters. The Balaban J connectivity index is 1.92. The van der Waals surface area contributed by atoms with Crippen LogP contribution < -0.4 is 10.7 Å². The van der Waals surface area contributed by atoms with Gasteiger partial charge in [0.15, 0.2) is 0 Å². The first kappa shape index (κ1) is 13.9. The van der Waals surface area contributed by atoms with Gasteiger partial charge in [0, 0.05) is 16.4 Å². The Bertz CT molecular complexity index is 491. The number of hydrogen-bond donors (Lipinski definition) is 2. The zero-order valence-corrected chi connectivity index (χ0v) is 11.8. The predicted molar refractivity (Wildman–Crippen MR) is 78.9 cm³/mol. The highest BCUT2D eigenvalue weighted by molar-refractivity contribution is 6.31. The first-order valence-corrected chi connectivity index (χ1v) is 6.92. The Labute approximate surface area is 118 Å². The van der Waals surface area contributed by atoms with Gasteiger partial charge >= 0.3 is 6.03 Å². The quantitative estimate of drug-likeness (QED) is 0.787. The SMILES string of the molecule is Cc1c(Cl)cccc1NC(=O)NN=C1CCCCC1. The summed E-state index contributed by atoms with van der Waals surface area (Å²) in [6.07, 6.45) is 5.55. The number of rotatable bonds is 2. The smallest absolute Gasteiger partial charge is 0.306 e. The van der Waals surface area contributed by atoms with Gasteiger partial charge in [-0.15, -0.1) is 0 Å². The van der Waals surface area contributed by atoms with Gasteiger partial charge in [-0.25, -0.2) is 10.2 Å². The number of hydrazone groups is 1. The molecule has 0 bridgehead atoms. The Hall–Kier alpha value is -1.55. The van der Waals surface area contributed by atoms with Crippen molar-refractivity contribution in [1.82, 2.24) is 5.43 Å². The van der Waals surface area contributed by atoms with Crippen molar-refractivity contribution >= 4 is 29.0 Å². The standard InChI is InChI=1S/C14H18ClN3O/c1-10-12(15)8-5-9-13(10)16-14(19)18-17-11-6-3-2-4-7-11/h5,8-9H,2-4,6-7H2,1H3,(H2,16,18,19). The number of hydrogen-bond acceptors (Lipinski definition) is 2. The summed E-state index contributed by atoms with van der Waals surface area (Å²) in [6, 6.07) is 5.08. The number of anilines is 1. The van der Waals surface area contributed by atoms with Gasteiger partial charge in [-0.05, 0) is 50.3 Å². The molecule has 1 aromatic carbocycles. The van der Waals surface area contributed by atoms with E-state index in [0.29, 0.717) is 10.7 Å². The highest BCUT2D eigenvalue weighted by Gasteiger charge is 2.08. The molecule has 1 aromatic rings. The van der Waals surface area contributed by atoms with Crippen LogP contribution in [0.3, 0.4) is 0 Å². The fourth-order valence-electron chi connectivity index (χ4n) is 2.09. The molecule has 0 radical (unpaired) electrons. The summed E-state index contributed by atoms with van der Waals surface area (Å²) in [7, 11) is 0. The molecule has 2 rings (SSSR count). The van der Waals surface area contributed by atoms with Crippen molar-refractivity contribution in [1.29, 1.82) is 0 Å². The Morgan fingerprint density at radius 3 is 2.74 bits per heavy atom. The first-order valence-electron chi connectivity index (χ1n) is 6.54. The Kier molecular flexibility index (Phi) is 4.80. The van der Waals surface area contributed by atoms with Crippen molar-refractivity contribution in [3.63, 3.8) is 0 Å². The van der Waals surface area contributed by atoms with Crippen molar-refractivity contribution in [2.24, 2.45) is 5.10 Å². The molecule has 0 atom stereocenters. The Morgan fingerprint density at radius 1 is 1.26 bits per heavy atom. The van der Waals surface area contributed by atoms with Gasteiger partial charge in [0.25, 0.3) is 0 Å². The monoisotopic (exact) mass is 279 g/mol. The van der Waals surface area contributed by atoms with E-state index in [-0.39, 0.29) is 6.03 Å². The lowest BCUT2D eigenvalue weighted by Crippen LogP contribution is -2.26. The number of benzene rings is 1. The molecule has 5 heteroatoms. The summed E-state index contributed by atoms with van der Waals surface area (Å²) in [5.74, 6) is 0. The number of amides is 2. The average Bonchev–Trinajstić information content (AvgIpc) is 2.43. The van der Waals surface area contributed by atoms with E-state index in [1.807, 2.05) is 13.0 Å². The van der Waals surface area contributed by atoms with Crippen molar-refractivity contribution in [2.75, 3.05) is 5.32 Å². The molecule has 0 saturated heterocycles. The molecule has 19 heavy (non-hydrogen) atoms. The largest absolute Gasteiger partial charge is 0.339 e. The van der Waals surface area contributed by atoms with Crippen LogP contribution in [0.1, 0.15) is 37.7 Å². The first-order chi connectivity index (χ1) is 9.16. The molecule has 0 spiro atoms. The molecule has 0 aromatic heterocycles. The molecule has 4 nitrogen and oxygen atoms in total. The minimum Gasteiger partial charge on any atom is -0.306 e. The zero-order valence-electron chi connectivity index (χ0n) is 11.0. The van der Waals surface area contributed by atoms with Crippen LogP contribution in [0.25, 0.3) is 0 Å². The van der Waals surface area contributed by atoms with Gasteiger partial charge in [-0.2, -0.15) is 5.10 Å². The third-order valence-electron chi connectivity index (χ3n) is 3.26. The van der Waals surface area contributed by atoms with Crippen LogP contribution in [0.15, 0.2) is 23.3 Å². The number of nitrogens with one attached hydrogen (secondary N) is 2. The second-order valence-corrected chi connectivity index (χ2v) is 5.12. The van der Waals surface area contributed by atoms with E-state index < -0.39 is 0 Å². The van der Waals surface area contributed by atoms with E-state index >= 15 is 0 Å². The topological polar surface area (TPSA) is 53.5 Å². The number of carbonyl (C=O) groups is 1. The molecule has 2 amide bonds. The fraction of sp³-hybridized carbons (Fsp3) is 0.429. The number of nitrogens with zero attached hydrogens (tertiary/aromatic N) is 1. The maximum Gasteiger partial charge on any atom is 0.339 e. The van der Waals surface area contributed by atoms with E-state index in [1.165, 1.54) is 6.42 Å². The third-order valence-corrected chi connectivity index (χ3v) is 3.67. The third kappa shape index (κ3) is 3.96. The molecule has 1 aliphatic rings. The van der Waals surface area contributed by atoms with Crippen LogP contribution in [-0.2, 0) is 0 Å². The van der Waals surface area contributed by atoms with Crippen molar-refractivity contribution in [3.05, 3.63) is 28.8 Å². The van der Waals surface area contributed by atoms with E-state index in [4.69, 9.17) is 11.6 Å². The molecular formula is C14H18ClN3O. The van der Waals surface area contributed by atoms with Gasteiger partial charge < -0.3 is 5.32 Å². The fourth-order valence-corrected chi connectivity index (χ4v) is 2.27. The lowest BCUT2D eigenvalue weighted by atomic mass is 9.99. The van der Waals surface area contributed by atoms with E-state index in [2.05, 4.69) is 15.8 Å². The predicted octanol–water partition coefficient (Wildman–Crippen LogP) is 4.09. The summed E-state index contributed by atoms with van der Waals surface area (Å²) < 4.78 is 0. The van der Waals surface area contributed by atoms with Crippen LogP contribution in [-0.4, -0.2) is 11.7 Å². The average molecular weight is 280 g/mol. The van der Waals surface area contributed by atoms with Crippen molar-refractivity contribution in [2.45, 2.75) is 39.0 Å². The maximum absolute atomic E-state index is 11.7. The summed E-state index contributed by atoms with van der Waals surface area (Å²) >= 11 is 6.00. The van der Waals surface area contributed by atoms with Crippen LogP contribution >= 0.6 is 11.6 Å². The summed E-state index contributed by atoms with van der Waals surface area (Å²) in [5.41, 5.74) is 5.17. The van der Waals surface area contributed by atoms with Gasteiger partial charge in [-0.1, -0.05) is 24.1 Å². The molecule has 2 N–H and O–H groups in total. The highest BCUT2D eigenvalue weighted by Crippen LogP contribution is 2.22. The van der Waals surface area contributed by atoms with Gasteiger partial charge in [0.2, 0.25) is 0 Å². The summed E-state index contributed by atoms with van der Waals surface area (Å²) in [5, 5.41) is 7.54. The number of carbonyl (C=O) groups excluding carboxylic acids is 1. The van der Waals surface area contributed by atoms with Crippen LogP contribution in [0, 0.1) is 6.92 Å². The van der Waals surface area contributed by atoms with Crippen molar-refractivity contribution in [3.8, 4) is 0 Å². The van der Waals surface area contributed by atoms with Crippen LogP contribution in [0.5, 0.6) is 0 Å². The Morgan fingerprint density at radius 2 is 2.00 bits per heavy atom. The van der Waals surface area contributed by atoms with E-state index in [1.54, 1.807) is 12.1 Å². The molecule has 1 saturated carbocycles. The zero-order chi connectivity index (χ0) is 13.7. The highest BCUT2D eigenvalue weighted by atomic mass is 35.5. The molecule has 0 heterocycles. The summed E-state index contributed by atoms with van der Waals surface area (Å²) in [6.45, 7) is 1.87. The van der Waals surface area contributed by atoms with Gasteiger partial charge in [0.1, 0.15) is 0 Å². The molecule has 102 valence electrons. The molecular weight excluding hydrogens is 262 g/mol. The number of urea groups is 1. The van der Waals surface area contributed by atoms with Gasteiger partial charge in [0.05, 0.1) is 0 Å². The van der Waals surface area contributed by atoms with Gasteiger partial charge in [-0.3, -0.25) is 0 Å². The normalized spacial score (nSPS) is 14.9. The minimum absolute atomic E-state index is 0.330. The minimum atomic E-state index is -0.330. The lowest BCUT2D eigenvalue weighted by Gasteiger charge is -2.13. The molecule has 1 fully saturated rings. The van der Waals surface area contributed by atoms with Crippen LogP contribution in [0.2, 0.25) is 5.02 Å². The second-order valence-electron chi connectivity index (χ2n) is 4.72. The lowest BCUT2D eigenvalue weighted by molar-refractivity contribution is 0.252. The van der Waals surface area contributed by atoms with Crippen molar-refractivity contribution < 1.29 is 4.79 Å². The maximum atomic E-state index is 11.7.